The summed E-state index contributed by atoms with van der Waals surface area (Å²) in [6, 6.07) is 3.82. The number of carbonyl (C=O) groups is 11. The van der Waals surface area contributed by atoms with Crippen LogP contribution in [0.3, 0.4) is 0 Å². The first kappa shape index (κ1) is 72.8. The molecule has 23 N–H and O–H groups in total. The molecule has 2 heterocycles. The van der Waals surface area contributed by atoms with Crippen molar-refractivity contribution in [2.24, 2.45) is 34.6 Å². The Morgan fingerprint density at radius 3 is 1.61 bits per heavy atom. The Morgan fingerprint density at radius 2 is 1.08 bits per heavy atom. The quantitative estimate of drug-likeness (QED) is 0.0396. The van der Waals surface area contributed by atoms with Gasteiger partial charge in [-0.25, -0.2) is 0 Å². The van der Waals surface area contributed by atoms with Gasteiger partial charge in [-0.2, -0.15) is 0 Å². The first-order valence-electron chi connectivity index (χ1n) is 29.4. The molecule has 31 nitrogen and oxygen atoms in total. The van der Waals surface area contributed by atoms with Crippen LogP contribution in [0.2, 0.25) is 0 Å². The number of amides is 11. The molecule has 1 aliphatic heterocycles. The Balaban J connectivity index is 1.68. The highest BCUT2D eigenvalue weighted by atomic mass is 16.3. The number of nitrogens with two attached hydrogens (primary N) is 5. The van der Waals surface area contributed by atoms with Crippen LogP contribution in [0.5, 0.6) is 0 Å². The van der Waals surface area contributed by atoms with Gasteiger partial charge in [0.05, 0.1) is 17.8 Å². The van der Waals surface area contributed by atoms with E-state index in [1.54, 1.807) is 74.5 Å². The van der Waals surface area contributed by atoms with E-state index in [9.17, 15) is 67.7 Å². The van der Waals surface area contributed by atoms with Crippen LogP contribution < -0.4 is 92.7 Å². The lowest BCUT2D eigenvalue weighted by atomic mass is 10.00. The van der Waals surface area contributed by atoms with Crippen LogP contribution in [-0.2, 0) is 54.4 Å². The molecular formula is C58H87N17O14. The van der Waals surface area contributed by atoms with Gasteiger partial charge in [-0.15, -0.1) is 0 Å². The highest BCUT2D eigenvalue weighted by Gasteiger charge is 2.38. The van der Waals surface area contributed by atoms with Gasteiger partial charge in [0.2, 0.25) is 59.1 Å². The molecule has 1 fully saturated rings. The maximum Gasteiger partial charge on any atom is 0.255 e. The molecule has 3 aromatic rings. The zero-order valence-corrected chi connectivity index (χ0v) is 50.3. The smallest absolute Gasteiger partial charge is 0.255 e. The lowest BCUT2D eigenvalue weighted by molar-refractivity contribution is -0.136. The lowest BCUT2D eigenvalue weighted by Gasteiger charge is -2.28. The van der Waals surface area contributed by atoms with Crippen LogP contribution in [0.25, 0.3) is 5.69 Å². The van der Waals surface area contributed by atoms with Crippen molar-refractivity contribution in [2.75, 3.05) is 39.3 Å². The van der Waals surface area contributed by atoms with Crippen molar-refractivity contribution in [3.8, 4) is 5.69 Å². The molecule has 0 aliphatic carbocycles. The van der Waals surface area contributed by atoms with Gasteiger partial charge >= 0.3 is 0 Å². The predicted octanol–water partition coefficient (Wildman–Crippen LogP) is -6.78. The number of hydrogen-bond acceptors (Lipinski definition) is 19. The predicted molar refractivity (Wildman–Crippen MR) is 325 cm³/mol. The Morgan fingerprint density at radius 1 is 0.562 bits per heavy atom. The number of nitrogens with one attached hydrogen (secondary N) is 11. The molecule has 0 bridgehead atoms. The number of aliphatic hydroxyl groups excluding tert-OH is 2. The molecule has 488 valence electrons. The minimum Gasteiger partial charge on any atom is -0.391 e. The highest BCUT2D eigenvalue weighted by Crippen LogP contribution is 2.12. The van der Waals surface area contributed by atoms with Gasteiger partial charge in [0.15, 0.2) is 0 Å². The van der Waals surface area contributed by atoms with Crippen LogP contribution >= 0.6 is 0 Å². The number of rotatable bonds is 24. The van der Waals surface area contributed by atoms with Crippen LogP contribution in [0, 0.1) is 5.92 Å². The van der Waals surface area contributed by atoms with E-state index < -0.39 is 163 Å². The molecule has 2 aromatic carbocycles. The average molecular weight is 1250 g/mol. The number of benzene rings is 2. The largest absolute Gasteiger partial charge is 0.391 e. The number of hydrogen-bond donors (Lipinski definition) is 18. The van der Waals surface area contributed by atoms with Gasteiger partial charge in [0, 0.05) is 37.5 Å². The number of pyridine rings is 1. The summed E-state index contributed by atoms with van der Waals surface area (Å²) in [5.41, 5.74) is 30.0. The van der Waals surface area contributed by atoms with Gasteiger partial charge in [-0.3, -0.25) is 62.1 Å². The van der Waals surface area contributed by atoms with E-state index in [4.69, 9.17) is 28.7 Å². The standard InChI is InChI=1S/C58H87N17O14/c1-31(2)27-42-54(85)68-37(17-22-59)49(80)67-40(20-25-62)53(84)73-46(32(3)76)57(88)64-26-21-41(51(82)66-38(18-23-60)50(81)71-43(55(86)70-42)28-34-11-7-5-8-12-34)69-56(87)44(29-63)72-58(89)47(33(4)77)74-52(83)39(19-24-61)65-48(79)35-15-16-45(78)75(30-35)36-13-9-6-10-14-36/h5-16,30-33,37-44,46-47,76-77H,17-29,59-63H2,1-4H3,(H,64,88)(H,65,79)(H,66,82)(H,67,80)(H,68,85)(H,69,87)(H,70,86)(H,71,81)(H,72,89)(H,73,84)(H,74,83)/t32-,33-,37+,38+,39+,40+,41+,42+,43-,44+,46+,47+/m1/s1. The Hall–Kier alpha value is -8.72. The van der Waals surface area contributed by atoms with Gasteiger partial charge in [-0.05, 0) is 108 Å². The first-order chi connectivity index (χ1) is 42.3. The average Bonchev–Trinajstić information content (AvgIpc) is 3.66. The second-order valence-electron chi connectivity index (χ2n) is 21.8. The third-order valence-corrected chi connectivity index (χ3v) is 14.2. The lowest BCUT2D eigenvalue weighted by Crippen LogP contribution is -2.63. The van der Waals surface area contributed by atoms with E-state index in [1.165, 1.54) is 23.8 Å². The van der Waals surface area contributed by atoms with E-state index in [-0.39, 0.29) is 76.2 Å². The van der Waals surface area contributed by atoms with Crippen molar-refractivity contribution in [1.29, 1.82) is 0 Å². The van der Waals surface area contributed by atoms with Crippen LogP contribution in [-0.4, -0.2) is 192 Å². The first-order valence-corrected chi connectivity index (χ1v) is 29.4. The number of aromatic nitrogens is 1. The maximum atomic E-state index is 14.5. The topological polar surface area (TPSA) is 513 Å². The van der Waals surface area contributed by atoms with E-state index in [0.29, 0.717) is 11.3 Å². The molecular weight excluding hydrogens is 1160 g/mol. The molecule has 31 heteroatoms. The van der Waals surface area contributed by atoms with Crippen molar-refractivity contribution >= 4 is 65.0 Å². The van der Waals surface area contributed by atoms with Gasteiger partial charge in [0.25, 0.3) is 11.5 Å². The zero-order chi connectivity index (χ0) is 65.9. The van der Waals surface area contributed by atoms with Crippen molar-refractivity contribution in [3.63, 3.8) is 0 Å². The summed E-state index contributed by atoms with van der Waals surface area (Å²) in [5.74, 6) is -10.9. The Labute approximate surface area is 514 Å². The second kappa shape index (κ2) is 36.6. The zero-order valence-electron chi connectivity index (χ0n) is 50.3. The summed E-state index contributed by atoms with van der Waals surface area (Å²) in [7, 11) is 0. The number of nitrogens with zero attached hydrogens (tertiary/aromatic N) is 1. The van der Waals surface area contributed by atoms with E-state index in [0.717, 1.165) is 13.0 Å². The highest BCUT2D eigenvalue weighted by molar-refractivity contribution is 6.00. The summed E-state index contributed by atoms with van der Waals surface area (Å²) in [6.45, 7) is 4.06. The number of aliphatic hydroxyl groups is 2. The molecule has 0 spiro atoms. The van der Waals surface area contributed by atoms with Gasteiger partial charge < -0.3 is 97.4 Å². The van der Waals surface area contributed by atoms with Crippen molar-refractivity contribution in [2.45, 2.75) is 145 Å². The molecule has 0 saturated carbocycles. The fourth-order valence-corrected chi connectivity index (χ4v) is 9.32. The Kier molecular flexibility index (Phi) is 29.9. The van der Waals surface area contributed by atoms with Crippen molar-refractivity contribution in [3.05, 3.63) is 100 Å². The molecule has 11 amide bonds. The molecule has 12 atom stereocenters. The van der Waals surface area contributed by atoms with E-state index in [1.807, 2.05) is 0 Å². The number of para-hydroxylation sites is 1. The molecule has 1 aliphatic rings. The summed E-state index contributed by atoms with van der Waals surface area (Å²) in [6.07, 6.45) is -3.36. The van der Waals surface area contributed by atoms with Gasteiger partial charge in [0.1, 0.15) is 60.4 Å². The molecule has 0 unspecified atom stereocenters. The third-order valence-electron chi connectivity index (χ3n) is 14.2. The Bertz CT molecular complexity index is 2950. The van der Waals surface area contributed by atoms with E-state index >= 15 is 0 Å². The number of carbonyl (C=O) groups excluding carboxylic acids is 11. The molecule has 1 saturated heterocycles. The second-order valence-corrected chi connectivity index (χ2v) is 21.8. The third kappa shape index (κ3) is 22.7. The van der Waals surface area contributed by atoms with Gasteiger partial charge in [-0.1, -0.05) is 62.4 Å². The molecule has 0 radical (unpaired) electrons. The summed E-state index contributed by atoms with van der Waals surface area (Å²) < 4.78 is 1.22. The molecule has 4 rings (SSSR count). The van der Waals surface area contributed by atoms with Crippen molar-refractivity contribution < 1.29 is 63.0 Å². The van der Waals surface area contributed by atoms with Crippen molar-refractivity contribution in [1.82, 2.24) is 63.1 Å². The van der Waals surface area contributed by atoms with E-state index in [2.05, 4.69) is 58.5 Å². The van der Waals surface area contributed by atoms with Crippen LogP contribution in [0.4, 0.5) is 0 Å². The van der Waals surface area contributed by atoms with Crippen LogP contribution in [0.15, 0.2) is 83.8 Å². The fraction of sp³-hybridized carbons (Fsp3) is 0.517. The summed E-state index contributed by atoms with van der Waals surface area (Å²) in [4.78, 5) is 167. The minimum atomic E-state index is -1.82. The summed E-state index contributed by atoms with van der Waals surface area (Å²) in [5, 5.41) is 49.2. The normalized spacial score (nSPS) is 21.9. The minimum absolute atomic E-state index is 0.0200. The monoisotopic (exact) mass is 1250 g/mol. The molecule has 1 aromatic heterocycles. The SMILES string of the molecule is CC(C)C[C@@H]1NC(=O)[C@@H](Cc2ccccc2)NC(=O)[C@H](CCN)NC(=O)[C@@H](NC(=O)[C@H](CN)NC(=O)[C@@H](NC(=O)[C@H](CCN)NC(=O)c2ccc(=O)n(-c3ccccc3)c2)[C@@H](C)O)CCNC(=O)[C@H]([C@@H](C)O)NC(=O)[C@H](CCN)NC(=O)[C@H](CCN)NC1=O. The molecule has 89 heavy (non-hydrogen) atoms. The maximum absolute atomic E-state index is 14.5. The summed E-state index contributed by atoms with van der Waals surface area (Å²) >= 11 is 0. The fourth-order valence-electron chi connectivity index (χ4n) is 9.32. The van der Waals surface area contributed by atoms with Crippen LogP contribution in [0.1, 0.15) is 82.1 Å².